The van der Waals surface area contributed by atoms with Gasteiger partial charge in [-0.25, -0.2) is 4.79 Å². The molecular formula is C17H20N2O3S2. The molecule has 0 fully saturated rings. The largest absolute Gasteiger partial charge is 0.465 e. The normalized spacial score (nSPS) is 14.2. The lowest BCUT2D eigenvalue weighted by Gasteiger charge is -2.25. The van der Waals surface area contributed by atoms with E-state index >= 15 is 0 Å². The number of likely N-dealkylation sites (N-methyl/N-ethyl adjacent to an activating group) is 1. The van der Waals surface area contributed by atoms with Crippen molar-refractivity contribution < 1.29 is 14.3 Å². The molecule has 0 saturated carbocycles. The van der Waals surface area contributed by atoms with Crippen LogP contribution in [0.2, 0.25) is 0 Å². The van der Waals surface area contributed by atoms with Crippen LogP contribution in [0.4, 0.5) is 5.00 Å². The zero-order valence-corrected chi connectivity index (χ0v) is 15.4. The number of hydrogen-bond acceptors (Lipinski definition) is 6. The molecule has 0 aromatic carbocycles. The standard InChI is InChI=1S/C17H20N2O3S2/c1-3-19-7-6-12-13(10-19)24-16(15(12)17(21)22-2)18-14(20)9-11-5-4-8-23-11/h4-5,8H,3,6-7,9-10H2,1-2H3,(H,18,20). The second-order valence-electron chi connectivity index (χ2n) is 5.62. The summed E-state index contributed by atoms with van der Waals surface area (Å²) in [4.78, 5) is 29.0. The lowest BCUT2D eigenvalue weighted by molar-refractivity contribution is -0.115. The lowest BCUT2D eigenvalue weighted by atomic mass is 10.0. The summed E-state index contributed by atoms with van der Waals surface area (Å²) < 4.78 is 4.95. The highest BCUT2D eigenvalue weighted by Crippen LogP contribution is 2.37. The van der Waals surface area contributed by atoms with Gasteiger partial charge in [0.25, 0.3) is 0 Å². The summed E-state index contributed by atoms with van der Waals surface area (Å²) in [5.41, 5.74) is 1.57. The molecule has 0 radical (unpaired) electrons. The van der Waals surface area contributed by atoms with E-state index in [1.807, 2.05) is 17.5 Å². The average molecular weight is 364 g/mol. The minimum Gasteiger partial charge on any atom is -0.465 e. The van der Waals surface area contributed by atoms with Crippen molar-refractivity contribution in [2.75, 3.05) is 25.5 Å². The molecule has 2 aromatic heterocycles. The number of carbonyl (C=O) groups excluding carboxylic acids is 2. The van der Waals surface area contributed by atoms with Crippen LogP contribution in [0.15, 0.2) is 17.5 Å². The van der Waals surface area contributed by atoms with Crippen LogP contribution in [-0.2, 0) is 28.9 Å². The van der Waals surface area contributed by atoms with Crippen LogP contribution >= 0.6 is 22.7 Å². The first kappa shape index (κ1) is 17.1. The molecule has 7 heteroatoms. The molecule has 1 N–H and O–H groups in total. The molecule has 0 saturated heterocycles. The highest BCUT2D eigenvalue weighted by Gasteiger charge is 2.28. The average Bonchev–Trinajstić information content (AvgIpc) is 3.20. The molecular weight excluding hydrogens is 344 g/mol. The van der Waals surface area contributed by atoms with E-state index in [1.54, 1.807) is 11.3 Å². The van der Waals surface area contributed by atoms with Gasteiger partial charge in [-0.05, 0) is 30.0 Å². The Morgan fingerprint density at radius 3 is 2.92 bits per heavy atom. The smallest absolute Gasteiger partial charge is 0.341 e. The summed E-state index contributed by atoms with van der Waals surface area (Å²) in [5, 5.41) is 5.49. The highest BCUT2D eigenvalue weighted by atomic mass is 32.1. The number of nitrogens with zero attached hydrogens (tertiary/aromatic N) is 1. The van der Waals surface area contributed by atoms with Gasteiger partial charge in [0.1, 0.15) is 5.00 Å². The van der Waals surface area contributed by atoms with Crippen molar-refractivity contribution in [3.05, 3.63) is 38.4 Å². The third kappa shape index (κ3) is 3.53. The van der Waals surface area contributed by atoms with Gasteiger partial charge >= 0.3 is 5.97 Å². The summed E-state index contributed by atoms with van der Waals surface area (Å²) in [6, 6.07) is 3.86. The number of hydrogen-bond donors (Lipinski definition) is 1. The Bertz CT molecular complexity index is 737. The monoisotopic (exact) mass is 364 g/mol. The Kier molecular flexibility index (Phi) is 5.33. The van der Waals surface area contributed by atoms with Crippen LogP contribution in [0.3, 0.4) is 0 Å². The van der Waals surface area contributed by atoms with Crippen molar-refractivity contribution in [3.63, 3.8) is 0 Å². The Labute approximate surface area is 149 Å². The van der Waals surface area contributed by atoms with Gasteiger partial charge in [0.15, 0.2) is 0 Å². The Morgan fingerprint density at radius 2 is 2.25 bits per heavy atom. The van der Waals surface area contributed by atoms with E-state index in [1.165, 1.54) is 18.4 Å². The third-order valence-corrected chi connectivity index (χ3v) is 6.15. The van der Waals surface area contributed by atoms with Gasteiger partial charge in [-0.3, -0.25) is 9.69 Å². The third-order valence-electron chi connectivity index (χ3n) is 4.14. The van der Waals surface area contributed by atoms with Gasteiger partial charge < -0.3 is 10.1 Å². The SMILES string of the molecule is CCN1CCc2c(sc(NC(=O)Cc3cccs3)c2C(=O)OC)C1. The second kappa shape index (κ2) is 7.46. The van der Waals surface area contributed by atoms with E-state index in [9.17, 15) is 9.59 Å². The molecule has 128 valence electrons. The van der Waals surface area contributed by atoms with E-state index in [4.69, 9.17) is 4.74 Å². The van der Waals surface area contributed by atoms with Gasteiger partial charge in [0.05, 0.1) is 19.1 Å². The number of anilines is 1. The number of fused-ring (bicyclic) bond motifs is 1. The summed E-state index contributed by atoms with van der Waals surface area (Å²) in [6.07, 6.45) is 1.13. The molecule has 0 aliphatic carbocycles. The van der Waals surface area contributed by atoms with Crippen LogP contribution < -0.4 is 5.32 Å². The van der Waals surface area contributed by atoms with Crippen LogP contribution in [0.1, 0.15) is 32.6 Å². The maximum atomic E-state index is 12.3. The molecule has 2 aromatic rings. The lowest BCUT2D eigenvalue weighted by Crippen LogP contribution is -2.30. The van der Waals surface area contributed by atoms with Crippen molar-refractivity contribution in [3.8, 4) is 0 Å². The number of nitrogens with one attached hydrogen (secondary N) is 1. The molecule has 5 nitrogen and oxygen atoms in total. The van der Waals surface area contributed by atoms with Gasteiger partial charge in [-0.15, -0.1) is 22.7 Å². The Balaban J connectivity index is 1.85. The predicted octanol–water partition coefficient (Wildman–Crippen LogP) is 3.16. The number of amides is 1. The molecule has 0 bridgehead atoms. The molecule has 3 rings (SSSR count). The van der Waals surface area contributed by atoms with Gasteiger partial charge in [0.2, 0.25) is 5.91 Å². The van der Waals surface area contributed by atoms with Crippen LogP contribution in [-0.4, -0.2) is 37.0 Å². The predicted molar refractivity (Wildman–Crippen MR) is 97.0 cm³/mol. The number of thiophene rings is 2. The number of methoxy groups -OCH3 is 1. The highest BCUT2D eigenvalue weighted by molar-refractivity contribution is 7.17. The number of ether oxygens (including phenoxy) is 1. The fourth-order valence-corrected chi connectivity index (χ4v) is 4.87. The van der Waals surface area contributed by atoms with E-state index in [0.717, 1.165) is 41.4 Å². The Hall–Kier alpha value is -1.70. The van der Waals surface area contributed by atoms with Crippen LogP contribution in [0, 0.1) is 0 Å². The minimum atomic E-state index is -0.371. The van der Waals surface area contributed by atoms with E-state index in [2.05, 4.69) is 17.1 Å². The van der Waals surface area contributed by atoms with E-state index in [0.29, 0.717) is 17.0 Å². The first-order chi connectivity index (χ1) is 11.6. The zero-order chi connectivity index (χ0) is 17.1. The van der Waals surface area contributed by atoms with Gasteiger partial charge in [-0.1, -0.05) is 13.0 Å². The summed E-state index contributed by atoms with van der Waals surface area (Å²) in [5.74, 6) is -0.475. The van der Waals surface area contributed by atoms with Gasteiger partial charge in [-0.2, -0.15) is 0 Å². The van der Waals surface area contributed by atoms with Crippen molar-refractivity contribution in [2.24, 2.45) is 0 Å². The summed E-state index contributed by atoms with van der Waals surface area (Å²) in [6.45, 7) is 4.85. The number of esters is 1. The fraction of sp³-hybridized carbons (Fsp3) is 0.412. The van der Waals surface area contributed by atoms with E-state index in [-0.39, 0.29) is 11.9 Å². The molecule has 1 aliphatic heterocycles. The number of rotatable bonds is 5. The first-order valence-corrected chi connectivity index (χ1v) is 9.59. The van der Waals surface area contributed by atoms with Crippen LogP contribution in [0.5, 0.6) is 0 Å². The van der Waals surface area contributed by atoms with Gasteiger partial charge in [0, 0.05) is 22.8 Å². The molecule has 1 amide bonds. The quantitative estimate of drug-likeness (QED) is 0.828. The van der Waals surface area contributed by atoms with Crippen molar-refractivity contribution in [2.45, 2.75) is 26.3 Å². The fourth-order valence-electron chi connectivity index (χ4n) is 2.87. The summed E-state index contributed by atoms with van der Waals surface area (Å²) >= 11 is 3.05. The topological polar surface area (TPSA) is 58.6 Å². The summed E-state index contributed by atoms with van der Waals surface area (Å²) in [7, 11) is 1.38. The molecule has 0 spiro atoms. The Morgan fingerprint density at radius 1 is 1.42 bits per heavy atom. The van der Waals surface area contributed by atoms with Crippen molar-refractivity contribution >= 4 is 39.6 Å². The second-order valence-corrected chi connectivity index (χ2v) is 7.76. The number of carbonyl (C=O) groups is 2. The van der Waals surface area contributed by atoms with Crippen molar-refractivity contribution in [1.82, 2.24) is 4.90 Å². The molecule has 24 heavy (non-hydrogen) atoms. The zero-order valence-electron chi connectivity index (χ0n) is 13.8. The molecule has 1 aliphatic rings. The molecule has 3 heterocycles. The van der Waals surface area contributed by atoms with Crippen LogP contribution in [0.25, 0.3) is 0 Å². The first-order valence-electron chi connectivity index (χ1n) is 7.89. The molecule has 0 atom stereocenters. The van der Waals surface area contributed by atoms with Crippen molar-refractivity contribution in [1.29, 1.82) is 0 Å². The molecule has 0 unspecified atom stereocenters. The maximum absolute atomic E-state index is 12.3. The van der Waals surface area contributed by atoms with E-state index < -0.39 is 0 Å². The minimum absolute atomic E-state index is 0.103. The maximum Gasteiger partial charge on any atom is 0.341 e.